The van der Waals surface area contributed by atoms with Crippen LogP contribution in [-0.4, -0.2) is 4.98 Å². The number of hydrogen-bond donors (Lipinski definition) is 0. The Bertz CT molecular complexity index is 578. The van der Waals surface area contributed by atoms with Crippen LogP contribution in [0.1, 0.15) is 5.56 Å². The molecule has 0 saturated carbocycles. The van der Waals surface area contributed by atoms with Crippen molar-refractivity contribution in [1.82, 2.24) is 4.98 Å². The van der Waals surface area contributed by atoms with Crippen LogP contribution in [0.5, 0.6) is 11.6 Å². The molecule has 0 unspecified atom stereocenters. The maximum absolute atomic E-state index is 8.64. The van der Waals surface area contributed by atoms with Gasteiger partial charge < -0.3 is 4.74 Å². The second-order valence-electron chi connectivity index (χ2n) is 3.17. The Hall–Kier alpha value is -1.57. The van der Waals surface area contributed by atoms with E-state index in [4.69, 9.17) is 21.6 Å². The molecule has 0 N–H and O–H groups in total. The predicted molar refractivity (Wildman–Crippen MR) is 68.2 cm³/mol. The summed E-state index contributed by atoms with van der Waals surface area (Å²) in [5, 5.41) is 9.14. The van der Waals surface area contributed by atoms with Crippen LogP contribution in [0.15, 0.2) is 41.0 Å². The zero-order valence-electron chi connectivity index (χ0n) is 8.52. The molecular weight excluding hydrogens is 304 g/mol. The minimum Gasteiger partial charge on any atom is -0.437 e. The molecule has 0 radical (unpaired) electrons. The predicted octanol–water partition coefficient (Wildman–Crippen LogP) is 4.16. The number of aromatic nitrogens is 1. The average molecular weight is 310 g/mol. The van der Waals surface area contributed by atoms with E-state index in [-0.39, 0.29) is 0 Å². The fourth-order valence-electron chi connectivity index (χ4n) is 1.17. The third-order valence-corrected chi connectivity index (χ3v) is 2.78. The van der Waals surface area contributed by atoms with Crippen LogP contribution >= 0.6 is 27.5 Å². The number of rotatable bonds is 2. The summed E-state index contributed by atoms with van der Waals surface area (Å²) >= 11 is 9.31. The topological polar surface area (TPSA) is 45.9 Å². The normalized spacial score (nSPS) is 9.71. The number of hydrogen-bond acceptors (Lipinski definition) is 3. The molecule has 1 aromatic heterocycles. The lowest BCUT2D eigenvalue weighted by molar-refractivity contribution is 0.463. The molecule has 0 fully saturated rings. The second-order valence-corrected chi connectivity index (χ2v) is 4.50. The van der Waals surface area contributed by atoms with E-state index >= 15 is 0 Å². The van der Waals surface area contributed by atoms with Crippen molar-refractivity contribution >= 4 is 27.5 Å². The van der Waals surface area contributed by atoms with Crippen LogP contribution < -0.4 is 4.74 Å². The van der Waals surface area contributed by atoms with Crippen molar-refractivity contribution in [2.24, 2.45) is 0 Å². The minimum atomic E-state index is 0.393. The van der Waals surface area contributed by atoms with Gasteiger partial charge in [-0.25, -0.2) is 4.98 Å². The highest BCUT2D eigenvalue weighted by atomic mass is 79.9. The van der Waals surface area contributed by atoms with Gasteiger partial charge in [0, 0.05) is 16.7 Å². The molecule has 1 aromatic carbocycles. The summed E-state index contributed by atoms with van der Waals surface area (Å²) in [4.78, 5) is 4.00. The van der Waals surface area contributed by atoms with Crippen molar-refractivity contribution in [2.45, 2.75) is 0 Å². The zero-order chi connectivity index (χ0) is 12.3. The summed E-state index contributed by atoms with van der Waals surface area (Å²) in [7, 11) is 0. The third-order valence-electron chi connectivity index (χ3n) is 1.97. The molecule has 0 aliphatic rings. The van der Waals surface area contributed by atoms with Gasteiger partial charge in [-0.05, 0) is 24.3 Å². The highest BCUT2D eigenvalue weighted by Gasteiger charge is 2.04. The van der Waals surface area contributed by atoms with Gasteiger partial charge in [-0.3, -0.25) is 0 Å². The van der Waals surface area contributed by atoms with Gasteiger partial charge >= 0.3 is 0 Å². The quantitative estimate of drug-likeness (QED) is 0.836. The summed E-state index contributed by atoms with van der Waals surface area (Å²) < 4.78 is 6.37. The zero-order valence-corrected chi connectivity index (χ0v) is 10.9. The summed E-state index contributed by atoms with van der Waals surface area (Å²) in [5.74, 6) is 0.905. The van der Waals surface area contributed by atoms with E-state index in [1.54, 1.807) is 24.3 Å². The van der Waals surface area contributed by atoms with Crippen LogP contribution in [0.25, 0.3) is 0 Å². The lowest BCUT2D eigenvalue weighted by Gasteiger charge is -2.06. The molecule has 84 valence electrons. The molecule has 2 aromatic rings. The first-order valence-electron chi connectivity index (χ1n) is 4.68. The smallest absolute Gasteiger partial charge is 0.219 e. The molecule has 2 rings (SSSR count). The van der Waals surface area contributed by atoms with Crippen LogP contribution in [0.3, 0.4) is 0 Å². The molecule has 17 heavy (non-hydrogen) atoms. The number of halogens is 2. The maximum Gasteiger partial charge on any atom is 0.219 e. The lowest BCUT2D eigenvalue weighted by atomic mass is 10.3. The fraction of sp³-hybridized carbons (Fsp3) is 0. The number of nitrogens with zero attached hydrogens (tertiary/aromatic N) is 2. The Kier molecular flexibility index (Phi) is 3.62. The van der Waals surface area contributed by atoms with Crippen molar-refractivity contribution in [3.63, 3.8) is 0 Å². The van der Waals surface area contributed by atoms with Gasteiger partial charge in [0.1, 0.15) is 11.8 Å². The summed E-state index contributed by atoms with van der Waals surface area (Å²) in [6, 6.07) is 10.5. The molecule has 0 spiro atoms. The summed E-state index contributed by atoms with van der Waals surface area (Å²) in [6.45, 7) is 0. The van der Waals surface area contributed by atoms with Crippen LogP contribution in [0, 0.1) is 11.3 Å². The average Bonchev–Trinajstić information content (AvgIpc) is 2.35. The first-order valence-corrected chi connectivity index (χ1v) is 5.85. The van der Waals surface area contributed by atoms with Crippen molar-refractivity contribution in [3.8, 4) is 17.7 Å². The number of ether oxygens (including phenoxy) is 1. The fourth-order valence-corrected chi connectivity index (χ4v) is 1.67. The monoisotopic (exact) mass is 308 g/mol. The molecule has 1 heterocycles. The molecule has 0 saturated heterocycles. The van der Waals surface area contributed by atoms with E-state index in [1.165, 1.54) is 6.20 Å². The van der Waals surface area contributed by atoms with Crippen molar-refractivity contribution in [2.75, 3.05) is 0 Å². The van der Waals surface area contributed by atoms with Gasteiger partial charge in [0.05, 0.1) is 10.6 Å². The summed E-state index contributed by atoms with van der Waals surface area (Å²) in [5.41, 5.74) is 0.484. The molecule has 0 aliphatic carbocycles. The van der Waals surface area contributed by atoms with Crippen LogP contribution in [0.2, 0.25) is 5.02 Å². The Morgan fingerprint density at radius 3 is 2.76 bits per heavy atom. The Morgan fingerprint density at radius 2 is 2.12 bits per heavy atom. The van der Waals surface area contributed by atoms with E-state index in [9.17, 15) is 0 Å². The van der Waals surface area contributed by atoms with E-state index in [1.807, 2.05) is 12.1 Å². The Balaban J connectivity index is 2.25. The van der Waals surface area contributed by atoms with Gasteiger partial charge in [0.15, 0.2) is 0 Å². The van der Waals surface area contributed by atoms with Gasteiger partial charge in [-0.2, -0.15) is 5.26 Å². The highest BCUT2D eigenvalue weighted by molar-refractivity contribution is 9.10. The first kappa shape index (κ1) is 11.9. The maximum atomic E-state index is 8.64. The minimum absolute atomic E-state index is 0.393. The molecule has 0 amide bonds. The van der Waals surface area contributed by atoms with E-state index < -0.39 is 0 Å². The largest absolute Gasteiger partial charge is 0.437 e. The van der Waals surface area contributed by atoms with E-state index in [2.05, 4.69) is 20.9 Å². The van der Waals surface area contributed by atoms with Crippen LogP contribution in [0.4, 0.5) is 0 Å². The second kappa shape index (κ2) is 5.17. The summed E-state index contributed by atoms with van der Waals surface area (Å²) in [6.07, 6.45) is 1.45. The molecule has 0 bridgehead atoms. The third kappa shape index (κ3) is 2.96. The highest BCUT2D eigenvalue weighted by Crippen LogP contribution is 2.31. The van der Waals surface area contributed by atoms with E-state index in [0.29, 0.717) is 22.2 Å². The number of nitriles is 1. The molecule has 3 nitrogen and oxygen atoms in total. The van der Waals surface area contributed by atoms with Crippen LogP contribution in [-0.2, 0) is 0 Å². The molecule has 5 heteroatoms. The van der Waals surface area contributed by atoms with Gasteiger partial charge in [-0.15, -0.1) is 0 Å². The number of benzene rings is 1. The van der Waals surface area contributed by atoms with Gasteiger partial charge in [0.2, 0.25) is 5.88 Å². The molecular formula is C12H6BrClN2O. The first-order chi connectivity index (χ1) is 8.19. The number of pyridine rings is 1. The van der Waals surface area contributed by atoms with Crippen molar-refractivity contribution in [1.29, 1.82) is 5.26 Å². The Morgan fingerprint density at radius 1 is 1.29 bits per heavy atom. The lowest BCUT2D eigenvalue weighted by Crippen LogP contribution is -1.89. The van der Waals surface area contributed by atoms with Crippen molar-refractivity contribution in [3.05, 3.63) is 51.6 Å². The van der Waals surface area contributed by atoms with Crippen molar-refractivity contribution < 1.29 is 4.74 Å². The molecule has 0 atom stereocenters. The Labute approximate surface area is 112 Å². The SMILES string of the molecule is N#Cc1ccc(Oc2cc(Br)ccc2Cl)nc1. The van der Waals surface area contributed by atoms with E-state index in [0.717, 1.165) is 4.47 Å². The standard InChI is InChI=1S/C12H6BrClN2O/c13-9-2-3-10(14)11(5-9)17-12-4-1-8(6-15)7-16-12/h1-5,7H. The van der Waals surface area contributed by atoms with Gasteiger partial charge in [0.25, 0.3) is 0 Å². The molecule has 0 aliphatic heterocycles. The van der Waals surface area contributed by atoms with Gasteiger partial charge in [-0.1, -0.05) is 27.5 Å².